The van der Waals surface area contributed by atoms with Crippen molar-refractivity contribution in [2.45, 2.75) is 20.4 Å². The van der Waals surface area contributed by atoms with Gasteiger partial charge >= 0.3 is 0 Å². The molecule has 0 spiro atoms. The Morgan fingerprint density at radius 2 is 1.74 bits per heavy atom. The number of ether oxygens (including phenoxy) is 1. The molecular formula is C31H28ClN5O3S2. The second-order valence-electron chi connectivity index (χ2n) is 9.56. The zero-order chi connectivity index (χ0) is 28.3. The molecule has 1 aliphatic heterocycles. The molecule has 11 heteroatoms. The standard InChI is InChI=1S/C31H27N5O3S2.ClH/c1-19-17-25(37)36(31(19)38)35-29-26-20(2)27(41-30(26)34-28(33-29)24-9-6-16-40-24)22-10-12-23(13-11-22)39-15-14-32-18-21-7-4-3-5-8-21;/h3-13,16-17,32H,14-15,18H2,1-2H3,(H,33,34,35);1H. The summed E-state index contributed by atoms with van der Waals surface area (Å²) < 4.78 is 5.94. The molecule has 0 saturated heterocycles. The molecule has 3 aromatic heterocycles. The van der Waals surface area contributed by atoms with Gasteiger partial charge in [-0.3, -0.25) is 15.0 Å². The second-order valence-corrected chi connectivity index (χ2v) is 11.5. The van der Waals surface area contributed by atoms with Gasteiger partial charge in [-0.15, -0.1) is 35.1 Å². The molecule has 0 radical (unpaired) electrons. The monoisotopic (exact) mass is 617 g/mol. The minimum absolute atomic E-state index is 0. The SMILES string of the molecule is CC1=CC(=O)N(Nc2nc(-c3cccs3)nc3sc(-c4ccc(OCCNCc5ccccc5)cc4)c(C)c23)C1=O.Cl. The number of hydrogen-bond donors (Lipinski definition) is 2. The Morgan fingerprint density at radius 3 is 2.43 bits per heavy atom. The largest absolute Gasteiger partial charge is 0.492 e. The van der Waals surface area contributed by atoms with E-state index in [0.29, 0.717) is 23.8 Å². The van der Waals surface area contributed by atoms with Gasteiger partial charge in [-0.2, -0.15) is 5.01 Å². The van der Waals surface area contributed by atoms with Gasteiger partial charge in [0.25, 0.3) is 11.8 Å². The number of halogens is 1. The number of nitrogens with zero attached hydrogens (tertiary/aromatic N) is 3. The highest BCUT2D eigenvalue weighted by molar-refractivity contribution is 7.22. The summed E-state index contributed by atoms with van der Waals surface area (Å²) in [7, 11) is 0. The van der Waals surface area contributed by atoms with Crippen LogP contribution in [0.4, 0.5) is 5.82 Å². The number of benzene rings is 2. The van der Waals surface area contributed by atoms with Crippen LogP contribution in [0.3, 0.4) is 0 Å². The summed E-state index contributed by atoms with van der Waals surface area (Å²) in [6.45, 7) is 5.74. The lowest BCUT2D eigenvalue weighted by Crippen LogP contribution is -2.36. The summed E-state index contributed by atoms with van der Waals surface area (Å²) >= 11 is 3.08. The zero-order valence-electron chi connectivity index (χ0n) is 22.9. The quantitative estimate of drug-likeness (QED) is 0.134. The Bertz CT molecular complexity index is 1750. The summed E-state index contributed by atoms with van der Waals surface area (Å²) in [4.78, 5) is 37.4. The van der Waals surface area contributed by atoms with Gasteiger partial charge < -0.3 is 10.1 Å². The average molecular weight is 618 g/mol. The number of thiophene rings is 2. The normalized spacial score (nSPS) is 12.9. The van der Waals surface area contributed by atoms with Gasteiger partial charge in [0, 0.05) is 29.6 Å². The topological polar surface area (TPSA) is 96.5 Å². The molecule has 2 N–H and O–H groups in total. The molecule has 2 amide bonds. The number of amides is 2. The van der Waals surface area contributed by atoms with Crippen LogP contribution in [0, 0.1) is 6.92 Å². The van der Waals surface area contributed by atoms with Crippen LogP contribution in [0.5, 0.6) is 5.75 Å². The minimum Gasteiger partial charge on any atom is -0.492 e. The van der Waals surface area contributed by atoms with Gasteiger partial charge in [0.2, 0.25) is 0 Å². The third-order valence-corrected chi connectivity index (χ3v) is 8.79. The molecule has 0 aliphatic carbocycles. The maximum Gasteiger partial charge on any atom is 0.275 e. The first kappa shape index (κ1) is 29.4. The molecule has 0 bridgehead atoms. The molecule has 5 aromatic rings. The van der Waals surface area contributed by atoms with E-state index >= 15 is 0 Å². The fraction of sp³-hybridized carbons (Fsp3) is 0.161. The summed E-state index contributed by atoms with van der Waals surface area (Å²) in [5, 5.41) is 7.14. The van der Waals surface area contributed by atoms with Gasteiger partial charge in [0.05, 0.1) is 10.3 Å². The summed E-state index contributed by atoms with van der Waals surface area (Å²) in [6.07, 6.45) is 1.32. The lowest BCUT2D eigenvalue weighted by atomic mass is 10.1. The summed E-state index contributed by atoms with van der Waals surface area (Å²) in [5.74, 6) is 0.946. The first-order valence-corrected chi connectivity index (χ1v) is 14.8. The van der Waals surface area contributed by atoms with Crippen LogP contribution in [0.25, 0.3) is 31.4 Å². The number of anilines is 1. The van der Waals surface area contributed by atoms with E-state index < -0.39 is 11.8 Å². The highest BCUT2D eigenvalue weighted by atomic mass is 35.5. The van der Waals surface area contributed by atoms with Crippen molar-refractivity contribution in [1.29, 1.82) is 0 Å². The van der Waals surface area contributed by atoms with Crippen LogP contribution in [-0.4, -0.2) is 39.9 Å². The molecule has 6 rings (SSSR count). The van der Waals surface area contributed by atoms with Crippen molar-refractivity contribution in [3.8, 4) is 26.9 Å². The molecule has 214 valence electrons. The molecule has 8 nitrogen and oxygen atoms in total. The van der Waals surface area contributed by atoms with Crippen molar-refractivity contribution in [3.05, 3.63) is 94.9 Å². The van der Waals surface area contributed by atoms with Crippen molar-refractivity contribution in [2.24, 2.45) is 0 Å². The fourth-order valence-corrected chi connectivity index (χ4v) is 6.43. The number of rotatable bonds is 10. The third-order valence-electron chi connectivity index (χ3n) is 6.69. The van der Waals surface area contributed by atoms with E-state index in [1.807, 2.05) is 66.9 Å². The van der Waals surface area contributed by atoms with E-state index in [4.69, 9.17) is 14.7 Å². The van der Waals surface area contributed by atoms with E-state index in [2.05, 4.69) is 22.9 Å². The van der Waals surface area contributed by atoms with Gasteiger partial charge in [-0.25, -0.2) is 9.97 Å². The van der Waals surface area contributed by atoms with E-state index in [1.54, 1.807) is 18.3 Å². The molecule has 4 heterocycles. The number of hydrogen-bond acceptors (Lipinski definition) is 9. The Kier molecular flexibility index (Phi) is 8.98. The van der Waals surface area contributed by atoms with Crippen molar-refractivity contribution in [1.82, 2.24) is 20.3 Å². The molecule has 0 saturated carbocycles. The van der Waals surface area contributed by atoms with Gasteiger partial charge in [-0.05, 0) is 66.2 Å². The van der Waals surface area contributed by atoms with E-state index in [0.717, 1.165) is 54.9 Å². The molecule has 2 aromatic carbocycles. The number of carbonyl (C=O) groups is 2. The number of aryl methyl sites for hydroxylation is 1. The lowest BCUT2D eigenvalue weighted by Gasteiger charge is -2.17. The summed E-state index contributed by atoms with van der Waals surface area (Å²) in [6, 6.07) is 22.2. The van der Waals surface area contributed by atoms with Crippen LogP contribution in [0.1, 0.15) is 18.1 Å². The number of aromatic nitrogens is 2. The second kappa shape index (κ2) is 12.8. The van der Waals surface area contributed by atoms with Gasteiger partial charge in [-0.1, -0.05) is 36.4 Å². The number of nitrogens with one attached hydrogen (secondary N) is 2. The molecular weight excluding hydrogens is 590 g/mol. The number of fused-ring (bicyclic) bond motifs is 1. The van der Waals surface area contributed by atoms with Crippen LogP contribution >= 0.6 is 35.1 Å². The average Bonchev–Trinajstić information content (AvgIpc) is 3.70. The fourth-order valence-electron chi connectivity index (χ4n) is 4.58. The number of carbonyl (C=O) groups excluding carboxylic acids is 2. The number of hydrazine groups is 1. The molecule has 0 atom stereocenters. The Hall–Kier alpha value is -4.09. The van der Waals surface area contributed by atoms with Crippen LogP contribution in [0.15, 0.2) is 83.8 Å². The maximum absolute atomic E-state index is 12.6. The first-order valence-electron chi connectivity index (χ1n) is 13.1. The molecule has 0 fully saturated rings. The van der Waals surface area contributed by atoms with Gasteiger partial charge in [0.15, 0.2) is 11.6 Å². The van der Waals surface area contributed by atoms with Crippen LogP contribution in [-0.2, 0) is 16.1 Å². The molecule has 1 aliphatic rings. The van der Waals surface area contributed by atoms with Crippen molar-refractivity contribution < 1.29 is 14.3 Å². The van der Waals surface area contributed by atoms with Crippen LogP contribution < -0.4 is 15.5 Å². The Morgan fingerprint density at radius 1 is 0.952 bits per heavy atom. The van der Waals surface area contributed by atoms with E-state index in [9.17, 15) is 9.59 Å². The van der Waals surface area contributed by atoms with Crippen LogP contribution in [0.2, 0.25) is 0 Å². The molecule has 0 unspecified atom stereocenters. The van der Waals surface area contributed by atoms with Crippen molar-refractivity contribution in [3.63, 3.8) is 0 Å². The van der Waals surface area contributed by atoms with Gasteiger partial charge in [0.1, 0.15) is 17.2 Å². The molecule has 42 heavy (non-hydrogen) atoms. The Balaban J connectivity index is 0.00000353. The summed E-state index contributed by atoms with van der Waals surface area (Å²) in [5.41, 5.74) is 6.60. The highest BCUT2D eigenvalue weighted by Gasteiger charge is 2.30. The smallest absolute Gasteiger partial charge is 0.275 e. The lowest BCUT2D eigenvalue weighted by molar-refractivity contribution is -0.135. The predicted molar refractivity (Wildman–Crippen MR) is 171 cm³/mol. The maximum atomic E-state index is 12.6. The number of imide groups is 1. The minimum atomic E-state index is -0.420. The van der Waals surface area contributed by atoms with E-state index in [1.165, 1.54) is 23.0 Å². The third kappa shape index (κ3) is 6.07. The zero-order valence-corrected chi connectivity index (χ0v) is 25.4. The van der Waals surface area contributed by atoms with Crippen molar-refractivity contribution >= 4 is 62.9 Å². The predicted octanol–water partition coefficient (Wildman–Crippen LogP) is 6.63. The van der Waals surface area contributed by atoms with Crippen molar-refractivity contribution in [2.75, 3.05) is 18.6 Å². The first-order chi connectivity index (χ1) is 20.0. The Labute approximate surface area is 257 Å². The highest BCUT2D eigenvalue weighted by Crippen LogP contribution is 2.42. The van der Waals surface area contributed by atoms with E-state index in [-0.39, 0.29) is 12.4 Å².